The molecule has 0 fully saturated rings. The van der Waals surface area contributed by atoms with E-state index in [0.29, 0.717) is 18.9 Å². The Kier molecular flexibility index (Phi) is 3.34. The van der Waals surface area contributed by atoms with Crippen LogP contribution in [0.3, 0.4) is 0 Å². The van der Waals surface area contributed by atoms with Crippen molar-refractivity contribution in [1.29, 1.82) is 0 Å². The summed E-state index contributed by atoms with van der Waals surface area (Å²) in [6.45, 7) is 0.602. The zero-order valence-electron chi connectivity index (χ0n) is 8.96. The zero-order chi connectivity index (χ0) is 12.1. The maximum Gasteiger partial charge on any atom is 0.377 e. The van der Waals surface area contributed by atoms with Gasteiger partial charge in [-0.3, -0.25) is 0 Å². The van der Waals surface area contributed by atoms with Crippen LogP contribution < -0.4 is 5.32 Å². The molecule has 0 aliphatic carbocycles. The average molecular weight is 233 g/mol. The third-order valence-electron chi connectivity index (χ3n) is 2.10. The van der Waals surface area contributed by atoms with Crippen molar-refractivity contribution < 1.29 is 14.4 Å². The highest BCUT2D eigenvalue weighted by Gasteiger charge is 2.11. The van der Waals surface area contributed by atoms with Crippen molar-refractivity contribution in [2.24, 2.45) is 0 Å². The van der Waals surface area contributed by atoms with E-state index < -0.39 is 5.97 Å². The maximum atomic E-state index is 10.5. The number of hydrogen-bond acceptors (Lipinski definition) is 5. The van der Waals surface area contributed by atoms with Crippen LogP contribution in [0.25, 0.3) is 0 Å². The summed E-state index contributed by atoms with van der Waals surface area (Å²) in [6, 6.07) is 9.67. The molecule has 1 heterocycles. The Morgan fingerprint density at radius 1 is 1.35 bits per heavy atom. The van der Waals surface area contributed by atoms with Crippen molar-refractivity contribution in [2.45, 2.75) is 6.42 Å². The van der Waals surface area contributed by atoms with Crippen molar-refractivity contribution >= 4 is 11.7 Å². The van der Waals surface area contributed by atoms with Crippen LogP contribution in [0.5, 0.6) is 0 Å². The largest absolute Gasteiger partial charge is 0.475 e. The Labute approximate surface area is 97.3 Å². The monoisotopic (exact) mass is 233 g/mol. The second kappa shape index (κ2) is 5.11. The van der Waals surface area contributed by atoms with E-state index in [0.717, 1.165) is 5.69 Å². The van der Waals surface area contributed by atoms with Crippen LogP contribution in [0, 0.1) is 0 Å². The number of aromatic nitrogens is 2. The molecule has 0 radical (unpaired) electrons. The number of aromatic carboxylic acids is 1. The SMILES string of the molecule is O=C(O)c1noc(CCNc2ccccc2)n1. The first-order chi connectivity index (χ1) is 8.25. The van der Waals surface area contributed by atoms with E-state index in [1.807, 2.05) is 30.3 Å². The van der Waals surface area contributed by atoms with Gasteiger partial charge in [-0.25, -0.2) is 4.79 Å². The minimum atomic E-state index is -1.18. The lowest BCUT2D eigenvalue weighted by Gasteiger charge is -2.02. The molecule has 0 amide bonds. The lowest BCUT2D eigenvalue weighted by Crippen LogP contribution is -2.05. The summed E-state index contributed by atoms with van der Waals surface area (Å²) in [6.07, 6.45) is 0.481. The van der Waals surface area contributed by atoms with Crippen LogP contribution in [0.4, 0.5) is 5.69 Å². The van der Waals surface area contributed by atoms with Gasteiger partial charge in [0.25, 0.3) is 5.82 Å². The van der Waals surface area contributed by atoms with Crippen LogP contribution in [0.2, 0.25) is 0 Å². The van der Waals surface area contributed by atoms with Gasteiger partial charge in [0.2, 0.25) is 5.89 Å². The topological polar surface area (TPSA) is 88.2 Å². The van der Waals surface area contributed by atoms with Gasteiger partial charge in [0.15, 0.2) is 0 Å². The van der Waals surface area contributed by atoms with E-state index in [1.165, 1.54) is 0 Å². The van der Waals surface area contributed by atoms with E-state index in [1.54, 1.807) is 0 Å². The summed E-state index contributed by atoms with van der Waals surface area (Å²) in [5.74, 6) is -1.18. The standard InChI is InChI=1S/C11H11N3O3/c15-11(16)10-13-9(17-14-10)6-7-12-8-4-2-1-3-5-8/h1-5,12H,6-7H2,(H,15,16). The Morgan fingerprint density at radius 2 is 2.12 bits per heavy atom. The number of carboxylic acid groups (broad SMARTS) is 1. The Morgan fingerprint density at radius 3 is 2.76 bits per heavy atom. The van der Waals surface area contributed by atoms with Crippen molar-refractivity contribution in [2.75, 3.05) is 11.9 Å². The molecule has 17 heavy (non-hydrogen) atoms. The molecule has 88 valence electrons. The summed E-state index contributed by atoms with van der Waals surface area (Å²) in [5.41, 5.74) is 0.991. The normalized spacial score (nSPS) is 10.1. The van der Waals surface area contributed by atoms with E-state index in [-0.39, 0.29) is 5.82 Å². The summed E-state index contributed by atoms with van der Waals surface area (Å²) in [7, 11) is 0. The predicted molar refractivity (Wildman–Crippen MR) is 59.9 cm³/mol. The molecular weight excluding hydrogens is 222 g/mol. The number of carbonyl (C=O) groups is 1. The molecule has 6 nitrogen and oxygen atoms in total. The van der Waals surface area contributed by atoms with Crippen LogP contribution in [0.15, 0.2) is 34.9 Å². The van der Waals surface area contributed by atoms with Gasteiger partial charge in [-0.2, -0.15) is 4.98 Å². The molecule has 2 aromatic rings. The second-order valence-electron chi connectivity index (χ2n) is 3.36. The van der Waals surface area contributed by atoms with Crippen molar-refractivity contribution in [3.05, 3.63) is 42.0 Å². The highest BCUT2D eigenvalue weighted by atomic mass is 16.5. The quantitative estimate of drug-likeness (QED) is 0.812. The van der Waals surface area contributed by atoms with Crippen molar-refractivity contribution in [3.63, 3.8) is 0 Å². The van der Waals surface area contributed by atoms with Gasteiger partial charge in [-0.05, 0) is 17.3 Å². The summed E-state index contributed by atoms with van der Waals surface area (Å²) in [4.78, 5) is 14.2. The summed E-state index contributed by atoms with van der Waals surface area (Å²) < 4.78 is 4.78. The van der Waals surface area contributed by atoms with E-state index in [9.17, 15) is 4.79 Å². The molecule has 0 atom stereocenters. The fourth-order valence-corrected chi connectivity index (χ4v) is 1.31. The summed E-state index contributed by atoms with van der Waals surface area (Å²) >= 11 is 0. The molecule has 0 aliphatic rings. The molecule has 1 aromatic carbocycles. The fourth-order valence-electron chi connectivity index (χ4n) is 1.31. The molecule has 1 aromatic heterocycles. The second-order valence-corrected chi connectivity index (χ2v) is 3.36. The number of rotatable bonds is 5. The lowest BCUT2D eigenvalue weighted by molar-refractivity contribution is 0.0680. The number of nitrogens with one attached hydrogen (secondary N) is 1. The minimum Gasteiger partial charge on any atom is -0.475 e. The third-order valence-corrected chi connectivity index (χ3v) is 2.10. The molecule has 2 N–H and O–H groups in total. The Balaban J connectivity index is 1.84. The summed E-state index contributed by atoms with van der Waals surface area (Å²) in [5, 5.41) is 15.1. The first kappa shape index (κ1) is 11.1. The molecule has 0 saturated heterocycles. The highest BCUT2D eigenvalue weighted by Crippen LogP contribution is 2.05. The number of para-hydroxylation sites is 1. The van der Waals surface area contributed by atoms with Crippen LogP contribution in [-0.4, -0.2) is 27.8 Å². The van der Waals surface area contributed by atoms with Crippen LogP contribution in [0.1, 0.15) is 16.5 Å². The van der Waals surface area contributed by atoms with Crippen molar-refractivity contribution in [1.82, 2.24) is 10.1 Å². The van der Waals surface area contributed by atoms with Gasteiger partial charge in [0.1, 0.15) is 0 Å². The van der Waals surface area contributed by atoms with E-state index in [2.05, 4.69) is 15.5 Å². The first-order valence-corrected chi connectivity index (χ1v) is 5.10. The number of anilines is 1. The van der Waals surface area contributed by atoms with Gasteiger partial charge >= 0.3 is 5.97 Å². The number of nitrogens with zero attached hydrogens (tertiary/aromatic N) is 2. The number of benzene rings is 1. The molecule has 0 unspecified atom stereocenters. The first-order valence-electron chi connectivity index (χ1n) is 5.10. The Bertz CT molecular complexity index is 496. The third kappa shape index (κ3) is 3.04. The minimum absolute atomic E-state index is 0.306. The zero-order valence-corrected chi connectivity index (χ0v) is 8.96. The molecule has 0 saturated carbocycles. The Hall–Kier alpha value is -2.37. The lowest BCUT2D eigenvalue weighted by atomic mass is 10.3. The van der Waals surface area contributed by atoms with Gasteiger partial charge in [-0.1, -0.05) is 18.2 Å². The van der Waals surface area contributed by atoms with Gasteiger partial charge in [0, 0.05) is 18.7 Å². The smallest absolute Gasteiger partial charge is 0.377 e. The number of hydrogen-bond donors (Lipinski definition) is 2. The van der Waals surface area contributed by atoms with Gasteiger partial charge in [-0.15, -0.1) is 0 Å². The van der Waals surface area contributed by atoms with Gasteiger partial charge < -0.3 is 14.9 Å². The highest BCUT2D eigenvalue weighted by molar-refractivity contribution is 5.82. The maximum absolute atomic E-state index is 10.5. The average Bonchev–Trinajstić information content (AvgIpc) is 2.79. The molecule has 0 spiro atoms. The fraction of sp³-hybridized carbons (Fsp3) is 0.182. The molecular formula is C11H11N3O3. The molecule has 0 aliphatic heterocycles. The van der Waals surface area contributed by atoms with E-state index in [4.69, 9.17) is 9.63 Å². The van der Waals surface area contributed by atoms with Crippen LogP contribution in [-0.2, 0) is 6.42 Å². The number of carboxylic acids is 1. The molecule has 2 rings (SSSR count). The van der Waals surface area contributed by atoms with Crippen LogP contribution >= 0.6 is 0 Å². The van der Waals surface area contributed by atoms with Gasteiger partial charge in [0.05, 0.1) is 0 Å². The predicted octanol–water partition coefficient (Wildman–Crippen LogP) is 1.42. The molecule has 0 bridgehead atoms. The van der Waals surface area contributed by atoms with E-state index >= 15 is 0 Å². The molecule has 6 heteroatoms. The van der Waals surface area contributed by atoms with Crippen molar-refractivity contribution in [3.8, 4) is 0 Å².